The van der Waals surface area contributed by atoms with E-state index in [9.17, 15) is 4.79 Å². The van der Waals surface area contributed by atoms with E-state index in [4.69, 9.17) is 8.42 Å². The van der Waals surface area contributed by atoms with Gasteiger partial charge in [0.1, 0.15) is 0 Å². The molecule has 0 bridgehead atoms. The molecule has 0 saturated carbocycles. The van der Waals surface area contributed by atoms with Crippen LogP contribution in [0.15, 0.2) is 0 Å². The minimum absolute atomic E-state index is 0.0463. The molecule has 0 atom stereocenters. The first-order valence-electron chi connectivity index (χ1n) is 2.24. The van der Waals surface area contributed by atoms with Gasteiger partial charge in [-0.15, -0.1) is 0 Å². The molecule has 0 spiro atoms. The second-order valence-electron chi connectivity index (χ2n) is 1.25. The standard InChI is InChI=1S/C3H6N2O.O2S/c6-3-4-1-2-5-3;1-3-2/h1-2H2,(H2,4,5,6);. The second kappa shape index (κ2) is 5.23. The number of hydrogen-bond donors (Lipinski definition) is 2. The second-order valence-corrected chi connectivity index (χ2v) is 1.39. The van der Waals surface area contributed by atoms with Crippen LogP contribution < -0.4 is 10.6 Å². The number of amides is 2. The van der Waals surface area contributed by atoms with Crippen molar-refractivity contribution in [2.45, 2.75) is 0 Å². The number of carbonyl (C=O) groups excluding carboxylic acids is 1. The van der Waals surface area contributed by atoms with Gasteiger partial charge in [-0.3, -0.25) is 0 Å². The third-order valence-corrected chi connectivity index (χ3v) is 0.696. The lowest BCUT2D eigenvalue weighted by atomic mass is 10.7. The van der Waals surface area contributed by atoms with E-state index in [1.807, 2.05) is 0 Å². The highest BCUT2D eigenvalue weighted by Crippen LogP contribution is 1.69. The van der Waals surface area contributed by atoms with E-state index in [1.165, 1.54) is 0 Å². The summed E-state index contributed by atoms with van der Waals surface area (Å²) in [5.74, 6) is 0. The highest BCUT2D eigenvalue weighted by atomic mass is 32.1. The van der Waals surface area contributed by atoms with E-state index in [-0.39, 0.29) is 6.03 Å². The van der Waals surface area contributed by atoms with E-state index >= 15 is 0 Å². The van der Waals surface area contributed by atoms with Crippen molar-refractivity contribution >= 4 is 17.6 Å². The van der Waals surface area contributed by atoms with Gasteiger partial charge in [-0.2, -0.15) is 8.42 Å². The van der Waals surface area contributed by atoms with E-state index in [2.05, 4.69) is 10.6 Å². The van der Waals surface area contributed by atoms with E-state index in [0.717, 1.165) is 13.1 Å². The van der Waals surface area contributed by atoms with Crippen LogP contribution in [0.1, 0.15) is 0 Å². The van der Waals surface area contributed by atoms with Crippen LogP contribution in [0.4, 0.5) is 4.79 Å². The summed E-state index contributed by atoms with van der Waals surface area (Å²) in [6, 6.07) is -0.0463. The number of urea groups is 1. The van der Waals surface area contributed by atoms with Crippen molar-refractivity contribution in [1.29, 1.82) is 0 Å². The van der Waals surface area contributed by atoms with Gasteiger partial charge in [0.15, 0.2) is 0 Å². The first-order valence-corrected chi connectivity index (χ1v) is 2.91. The van der Waals surface area contributed by atoms with Gasteiger partial charge >= 0.3 is 17.6 Å². The minimum Gasteiger partial charge on any atom is -0.336 e. The van der Waals surface area contributed by atoms with Gasteiger partial charge in [0.2, 0.25) is 0 Å². The van der Waals surface area contributed by atoms with E-state index in [0.29, 0.717) is 0 Å². The maximum atomic E-state index is 10.0. The maximum Gasteiger partial charge on any atom is 0.335 e. The summed E-state index contributed by atoms with van der Waals surface area (Å²) in [5.41, 5.74) is 0. The predicted octanol–water partition coefficient (Wildman–Crippen LogP) is -1.37. The fourth-order valence-electron chi connectivity index (χ4n) is 0.415. The molecule has 1 aliphatic rings. The maximum absolute atomic E-state index is 10.0. The molecule has 0 radical (unpaired) electrons. The molecular formula is C3H6N2O3S. The molecule has 0 aliphatic carbocycles. The molecule has 2 amide bonds. The summed E-state index contributed by atoms with van der Waals surface area (Å²) >= 11 is -0.750. The molecule has 6 heteroatoms. The number of nitrogens with one attached hydrogen (secondary N) is 2. The Morgan fingerprint density at radius 1 is 1.22 bits per heavy atom. The van der Waals surface area contributed by atoms with Crippen molar-refractivity contribution in [2.75, 3.05) is 13.1 Å². The summed E-state index contributed by atoms with van der Waals surface area (Å²) in [4.78, 5) is 10.0. The largest absolute Gasteiger partial charge is 0.336 e. The van der Waals surface area contributed by atoms with Crippen molar-refractivity contribution in [3.8, 4) is 0 Å². The molecule has 5 nitrogen and oxygen atoms in total. The van der Waals surface area contributed by atoms with E-state index < -0.39 is 11.6 Å². The predicted molar refractivity (Wildman–Crippen MR) is 30.3 cm³/mol. The Bertz CT molecular complexity index is 123. The van der Waals surface area contributed by atoms with Crippen LogP contribution >= 0.6 is 0 Å². The Kier molecular flexibility index (Phi) is 4.70. The average Bonchev–Trinajstić information content (AvgIpc) is 2.20. The quantitative estimate of drug-likeness (QED) is 0.447. The number of carbonyl (C=O) groups is 1. The van der Waals surface area contributed by atoms with Gasteiger partial charge in [0.05, 0.1) is 0 Å². The lowest BCUT2D eigenvalue weighted by Gasteiger charge is -1.80. The zero-order chi connectivity index (χ0) is 7.11. The topological polar surface area (TPSA) is 75.3 Å². The van der Waals surface area contributed by atoms with Gasteiger partial charge in [-0.1, -0.05) is 0 Å². The zero-order valence-electron chi connectivity index (χ0n) is 4.55. The molecule has 1 rings (SSSR count). The molecule has 0 aromatic rings. The summed E-state index contributed by atoms with van der Waals surface area (Å²) < 4.78 is 16.6. The fraction of sp³-hybridized carbons (Fsp3) is 0.667. The van der Waals surface area contributed by atoms with Gasteiger partial charge in [-0.25, -0.2) is 4.79 Å². The molecule has 1 heterocycles. The Morgan fingerprint density at radius 3 is 1.67 bits per heavy atom. The van der Waals surface area contributed by atoms with Gasteiger partial charge in [0.25, 0.3) is 0 Å². The van der Waals surface area contributed by atoms with Crippen LogP contribution in [0.3, 0.4) is 0 Å². The smallest absolute Gasteiger partial charge is 0.335 e. The van der Waals surface area contributed by atoms with Crippen molar-refractivity contribution < 1.29 is 13.2 Å². The number of hydrogen-bond acceptors (Lipinski definition) is 3. The molecule has 1 fully saturated rings. The van der Waals surface area contributed by atoms with Crippen LogP contribution in [0, 0.1) is 0 Å². The molecule has 52 valence electrons. The highest BCUT2D eigenvalue weighted by molar-refractivity contribution is 7.51. The van der Waals surface area contributed by atoms with Crippen molar-refractivity contribution in [1.82, 2.24) is 10.6 Å². The minimum atomic E-state index is -0.750. The number of rotatable bonds is 0. The van der Waals surface area contributed by atoms with Gasteiger partial charge < -0.3 is 10.6 Å². The average molecular weight is 150 g/mol. The van der Waals surface area contributed by atoms with Crippen molar-refractivity contribution in [3.63, 3.8) is 0 Å². The Balaban J connectivity index is 0.000000187. The molecule has 9 heavy (non-hydrogen) atoms. The molecule has 2 N–H and O–H groups in total. The Morgan fingerprint density at radius 2 is 1.56 bits per heavy atom. The van der Waals surface area contributed by atoms with Gasteiger partial charge in [-0.05, 0) is 0 Å². The third kappa shape index (κ3) is 4.95. The van der Waals surface area contributed by atoms with Crippen LogP contribution in [0.5, 0.6) is 0 Å². The molecule has 0 unspecified atom stereocenters. The van der Waals surface area contributed by atoms with Crippen LogP contribution in [-0.4, -0.2) is 27.5 Å². The van der Waals surface area contributed by atoms with Crippen LogP contribution in [-0.2, 0) is 11.6 Å². The fourth-order valence-corrected chi connectivity index (χ4v) is 0.415. The summed E-state index contributed by atoms with van der Waals surface area (Å²) in [6.07, 6.45) is 0. The summed E-state index contributed by atoms with van der Waals surface area (Å²) in [6.45, 7) is 1.55. The summed E-state index contributed by atoms with van der Waals surface area (Å²) in [5, 5.41) is 5.14. The monoisotopic (exact) mass is 150 g/mol. The molecule has 0 aromatic carbocycles. The Labute approximate surface area is 55.4 Å². The van der Waals surface area contributed by atoms with Gasteiger partial charge in [0, 0.05) is 13.1 Å². The zero-order valence-corrected chi connectivity index (χ0v) is 5.36. The van der Waals surface area contributed by atoms with Crippen LogP contribution in [0.25, 0.3) is 0 Å². The first-order chi connectivity index (χ1) is 4.31. The van der Waals surface area contributed by atoms with Crippen molar-refractivity contribution in [2.24, 2.45) is 0 Å². The molecule has 0 aromatic heterocycles. The highest BCUT2D eigenvalue weighted by Gasteiger charge is 2.02. The SMILES string of the molecule is O=C1NCCN1.O=S=O. The normalized spacial score (nSPS) is 14.4. The molecule has 1 saturated heterocycles. The molecule has 1 aliphatic heterocycles. The molecular weight excluding hydrogens is 144 g/mol. The van der Waals surface area contributed by atoms with E-state index in [1.54, 1.807) is 0 Å². The Hall–Kier alpha value is -0.910. The summed E-state index contributed by atoms with van der Waals surface area (Å²) in [7, 11) is 0. The van der Waals surface area contributed by atoms with Crippen LogP contribution in [0.2, 0.25) is 0 Å². The van der Waals surface area contributed by atoms with Crippen molar-refractivity contribution in [3.05, 3.63) is 0 Å². The lowest BCUT2D eigenvalue weighted by molar-refractivity contribution is 0.248. The first kappa shape index (κ1) is 8.09. The lowest BCUT2D eigenvalue weighted by Crippen LogP contribution is -2.20. The third-order valence-electron chi connectivity index (χ3n) is 0.696.